The van der Waals surface area contributed by atoms with Gasteiger partial charge in [0, 0.05) is 24.1 Å². The molecular formula is C21H36N6O5S. The number of nitrogens with two attached hydrogens (primary N) is 1. The predicted molar refractivity (Wildman–Crippen MR) is 126 cm³/mol. The largest absolute Gasteiger partial charge is 0.480 e. The van der Waals surface area contributed by atoms with Crippen LogP contribution in [0, 0.1) is 11.8 Å². The van der Waals surface area contributed by atoms with Gasteiger partial charge in [-0.15, -0.1) is 0 Å². The maximum Gasteiger partial charge on any atom is 0.326 e. The minimum atomic E-state index is -1.14. The standard InChI is InChI=1S/C21H36N6O5S/c1-11(2)5-15(19(29)26-16(21(31)32)6-12(3)4)25-20(30)17(9-33)27-18(28)14(22)7-13-8-23-10-24-13/h8,10-12,14-17,33H,5-7,9,22H2,1-4H3,(H,23,24)(H,25,30)(H,26,29)(H,27,28)(H,31,32). The van der Waals surface area contributed by atoms with Gasteiger partial charge in [0.15, 0.2) is 0 Å². The second kappa shape index (κ2) is 13.8. The molecule has 0 aliphatic rings. The molecule has 11 nitrogen and oxygen atoms in total. The Bertz CT molecular complexity index is 786. The lowest BCUT2D eigenvalue weighted by Crippen LogP contribution is -2.58. The van der Waals surface area contributed by atoms with Crippen LogP contribution in [-0.2, 0) is 25.6 Å². The van der Waals surface area contributed by atoms with E-state index < -0.39 is 47.9 Å². The van der Waals surface area contributed by atoms with E-state index in [2.05, 4.69) is 38.5 Å². The van der Waals surface area contributed by atoms with Gasteiger partial charge in [-0.25, -0.2) is 9.78 Å². The summed E-state index contributed by atoms with van der Waals surface area (Å²) in [5.74, 6) is -2.81. The number of H-pyrrole nitrogens is 1. The molecule has 7 N–H and O–H groups in total. The van der Waals surface area contributed by atoms with Crippen molar-refractivity contribution in [2.75, 3.05) is 5.75 Å². The quantitative estimate of drug-likeness (QED) is 0.179. The number of carboxylic acid groups (broad SMARTS) is 1. The number of nitrogens with one attached hydrogen (secondary N) is 4. The fraction of sp³-hybridized carbons (Fsp3) is 0.667. The van der Waals surface area contributed by atoms with E-state index in [0.717, 1.165) is 0 Å². The molecule has 0 fully saturated rings. The summed E-state index contributed by atoms with van der Waals surface area (Å²) in [5.41, 5.74) is 6.59. The van der Waals surface area contributed by atoms with Gasteiger partial charge in [0.1, 0.15) is 18.1 Å². The summed E-state index contributed by atoms with van der Waals surface area (Å²) < 4.78 is 0. The molecule has 1 aromatic heterocycles. The summed E-state index contributed by atoms with van der Waals surface area (Å²) in [5, 5.41) is 17.1. The van der Waals surface area contributed by atoms with E-state index in [-0.39, 0.29) is 36.9 Å². The van der Waals surface area contributed by atoms with Crippen LogP contribution in [0.5, 0.6) is 0 Å². The van der Waals surface area contributed by atoms with Crippen LogP contribution >= 0.6 is 12.6 Å². The summed E-state index contributed by atoms with van der Waals surface area (Å²) >= 11 is 4.14. The van der Waals surface area contributed by atoms with Gasteiger partial charge in [-0.1, -0.05) is 27.7 Å². The fourth-order valence-electron chi connectivity index (χ4n) is 3.14. The van der Waals surface area contributed by atoms with Crippen molar-refractivity contribution in [3.05, 3.63) is 18.2 Å². The summed E-state index contributed by atoms with van der Waals surface area (Å²) in [4.78, 5) is 56.3. The lowest BCUT2D eigenvalue weighted by molar-refractivity contribution is -0.142. The molecule has 0 saturated heterocycles. The number of amides is 3. The molecule has 12 heteroatoms. The molecule has 0 aliphatic heterocycles. The molecule has 0 aliphatic carbocycles. The van der Waals surface area contributed by atoms with Crippen molar-refractivity contribution in [1.29, 1.82) is 0 Å². The maximum atomic E-state index is 12.8. The van der Waals surface area contributed by atoms with E-state index >= 15 is 0 Å². The highest BCUT2D eigenvalue weighted by Gasteiger charge is 2.30. The first kappa shape index (κ1) is 28.4. The second-order valence-corrected chi connectivity index (χ2v) is 9.22. The Kier molecular flexibility index (Phi) is 11.9. The lowest BCUT2D eigenvalue weighted by atomic mass is 10.0. The van der Waals surface area contributed by atoms with Crippen molar-refractivity contribution in [3.8, 4) is 0 Å². The van der Waals surface area contributed by atoms with Gasteiger partial charge < -0.3 is 31.8 Å². The number of hydrogen-bond donors (Lipinski definition) is 7. The first-order chi connectivity index (χ1) is 15.4. The Morgan fingerprint density at radius 3 is 1.97 bits per heavy atom. The number of carboxylic acids is 1. The molecule has 1 aromatic rings. The molecule has 0 spiro atoms. The van der Waals surface area contributed by atoms with Crippen molar-refractivity contribution in [1.82, 2.24) is 25.9 Å². The van der Waals surface area contributed by atoms with E-state index in [1.165, 1.54) is 6.33 Å². The number of rotatable bonds is 14. The molecule has 0 bridgehead atoms. The first-order valence-electron chi connectivity index (χ1n) is 10.9. The molecular weight excluding hydrogens is 448 g/mol. The van der Waals surface area contributed by atoms with Crippen LogP contribution < -0.4 is 21.7 Å². The van der Waals surface area contributed by atoms with E-state index in [1.807, 2.05) is 27.7 Å². The van der Waals surface area contributed by atoms with Gasteiger partial charge in [0.05, 0.1) is 12.4 Å². The second-order valence-electron chi connectivity index (χ2n) is 8.85. The molecule has 3 amide bonds. The third kappa shape index (κ3) is 10.3. The predicted octanol–water partition coefficient (Wildman–Crippen LogP) is -0.159. The van der Waals surface area contributed by atoms with Crippen LogP contribution in [0.4, 0.5) is 0 Å². The normalized spacial score (nSPS) is 14.9. The van der Waals surface area contributed by atoms with Gasteiger partial charge in [-0.3, -0.25) is 14.4 Å². The van der Waals surface area contributed by atoms with Crippen LogP contribution in [0.15, 0.2) is 12.5 Å². The topological polar surface area (TPSA) is 179 Å². The smallest absolute Gasteiger partial charge is 0.326 e. The highest BCUT2D eigenvalue weighted by molar-refractivity contribution is 7.80. The van der Waals surface area contributed by atoms with Gasteiger partial charge >= 0.3 is 5.97 Å². The molecule has 33 heavy (non-hydrogen) atoms. The number of thiol groups is 1. The van der Waals surface area contributed by atoms with Crippen molar-refractivity contribution in [2.24, 2.45) is 17.6 Å². The Balaban J connectivity index is 2.81. The molecule has 0 aromatic carbocycles. The van der Waals surface area contributed by atoms with Crippen LogP contribution in [0.2, 0.25) is 0 Å². The van der Waals surface area contributed by atoms with Crippen LogP contribution in [0.3, 0.4) is 0 Å². The van der Waals surface area contributed by atoms with E-state index in [0.29, 0.717) is 5.69 Å². The minimum absolute atomic E-state index is 0.0184. The minimum Gasteiger partial charge on any atom is -0.480 e. The summed E-state index contributed by atoms with van der Waals surface area (Å²) in [6.07, 6.45) is 3.78. The van der Waals surface area contributed by atoms with Gasteiger partial charge in [-0.05, 0) is 24.7 Å². The number of aromatic nitrogens is 2. The lowest BCUT2D eigenvalue weighted by Gasteiger charge is -2.26. The summed E-state index contributed by atoms with van der Waals surface area (Å²) in [6, 6.07) is -3.97. The number of aliphatic carboxylic acids is 1. The van der Waals surface area contributed by atoms with Crippen LogP contribution in [0.1, 0.15) is 46.2 Å². The molecule has 0 radical (unpaired) electrons. The van der Waals surface area contributed by atoms with E-state index in [9.17, 15) is 24.3 Å². The molecule has 1 heterocycles. The highest BCUT2D eigenvalue weighted by Crippen LogP contribution is 2.09. The van der Waals surface area contributed by atoms with Crippen LogP contribution in [0.25, 0.3) is 0 Å². The number of imidazole rings is 1. The number of carbonyl (C=O) groups excluding carboxylic acids is 3. The van der Waals surface area contributed by atoms with Gasteiger partial charge in [0.2, 0.25) is 17.7 Å². The van der Waals surface area contributed by atoms with E-state index in [4.69, 9.17) is 5.73 Å². The fourth-order valence-corrected chi connectivity index (χ4v) is 3.40. The Morgan fingerprint density at radius 1 is 0.970 bits per heavy atom. The van der Waals surface area contributed by atoms with Crippen molar-refractivity contribution in [2.45, 2.75) is 71.1 Å². The van der Waals surface area contributed by atoms with Gasteiger partial charge in [-0.2, -0.15) is 12.6 Å². The SMILES string of the molecule is CC(C)CC(NC(=O)C(CC(C)C)NC(=O)C(CS)NC(=O)C(N)Cc1cnc[nH]1)C(=O)O. The Morgan fingerprint density at radius 2 is 1.48 bits per heavy atom. The van der Waals surface area contributed by atoms with Gasteiger partial charge in [0.25, 0.3) is 0 Å². The number of aromatic amines is 1. The zero-order chi connectivity index (χ0) is 25.1. The molecule has 0 saturated carbocycles. The zero-order valence-electron chi connectivity index (χ0n) is 19.5. The third-order valence-electron chi connectivity index (χ3n) is 4.81. The number of hydrogen-bond acceptors (Lipinski definition) is 7. The van der Waals surface area contributed by atoms with Crippen molar-refractivity contribution < 1.29 is 24.3 Å². The molecule has 4 atom stereocenters. The number of carbonyl (C=O) groups is 4. The number of nitrogens with zero attached hydrogens (tertiary/aromatic N) is 1. The maximum absolute atomic E-state index is 12.8. The Hall–Kier alpha value is -2.60. The van der Waals surface area contributed by atoms with E-state index in [1.54, 1.807) is 6.20 Å². The monoisotopic (exact) mass is 484 g/mol. The average Bonchev–Trinajstić information content (AvgIpc) is 3.22. The van der Waals surface area contributed by atoms with Crippen molar-refractivity contribution in [3.63, 3.8) is 0 Å². The molecule has 4 unspecified atom stereocenters. The first-order valence-corrected chi connectivity index (χ1v) is 11.5. The summed E-state index contributed by atoms with van der Waals surface area (Å²) in [6.45, 7) is 7.46. The van der Waals surface area contributed by atoms with Crippen LogP contribution in [-0.4, -0.2) is 68.7 Å². The van der Waals surface area contributed by atoms with Crippen molar-refractivity contribution >= 4 is 36.3 Å². The third-order valence-corrected chi connectivity index (χ3v) is 5.17. The molecule has 1 rings (SSSR count). The molecule has 186 valence electrons. The summed E-state index contributed by atoms with van der Waals surface area (Å²) in [7, 11) is 0. The highest BCUT2D eigenvalue weighted by atomic mass is 32.1. The zero-order valence-corrected chi connectivity index (χ0v) is 20.4. The average molecular weight is 485 g/mol. The Labute approximate surface area is 199 Å².